The van der Waals surface area contributed by atoms with Gasteiger partial charge < -0.3 is 15.8 Å². The van der Waals surface area contributed by atoms with E-state index in [-0.39, 0.29) is 33.9 Å². The van der Waals surface area contributed by atoms with Crippen molar-refractivity contribution in [2.75, 3.05) is 18.2 Å². The largest absolute Gasteiger partial charge is 0.464 e. The van der Waals surface area contributed by atoms with Gasteiger partial charge in [0.05, 0.1) is 12.8 Å². The van der Waals surface area contributed by atoms with Crippen molar-refractivity contribution in [3.05, 3.63) is 40.0 Å². The zero-order chi connectivity index (χ0) is 18.3. The van der Waals surface area contributed by atoms with Crippen LogP contribution in [0, 0.1) is 11.6 Å². The Morgan fingerprint density at radius 1 is 1.36 bits per heavy atom. The summed E-state index contributed by atoms with van der Waals surface area (Å²) >= 11 is 3.13. The second-order valence-corrected chi connectivity index (χ2v) is 6.01. The van der Waals surface area contributed by atoms with Gasteiger partial charge in [-0.05, 0) is 18.2 Å². The normalized spacial score (nSPS) is 10.9. The van der Waals surface area contributed by atoms with Gasteiger partial charge >= 0.3 is 5.97 Å². The van der Waals surface area contributed by atoms with Gasteiger partial charge in [-0.15, -0.1) is 0 Å². The molecule has 130 valence electrons. The standard InChI is InChI=1S/C15H12BrF2N5O2/c1-23-14(19)12-11(22-23)9(18)10(13(21-12)15(24)25-2)20-8-4-3-6(16)5-7(8)17/h3-5,20H,19H2,1-2H3. The van der Waals surface area contributed by atoms with Gasteiger partial charge in [-0.1, -0.05) is 15.9 Å². The van der Waals surface area contributed by atoms with Crippen LogP contribution >= 0.6 is 15.9 Å². The maximum Gasteiger partial charge on any atom is 0.358 e. The molecule has 2 heterocycles. The Bertz CT molecular complexity index is 1010. The maximum atomic E-state index is 14.9. The number of hydrogen-bond donors (Lipinski definition) is 2. The van der Waals surface area contributed by atoms with Crippen LogP contribution in [0.4, 0.5) is 26.0 Å². The molecular weight excluding hydrogens is 400 g/mol. The Balaban J connectivity index is 2.24. The second-order valence-electron chi connectivity index (χ2n) is 5.10. The summed E-state index contributed by atoms with van der Waals surface area (Å²) in [4.78, 5) is 16.1. The van der Waals surface area contributed by atoms with E-state index in [0.29, 0.717) is 4.47 Å². The number of aromatic nitrogens is 3. The van der Waals surface area contributed by atoms with Crippen molar-refractivity contribution in [3.63, 3.8) is 0 Å². The number of esters is 1. The molecule has 2 aromatic heterocycles. The molecule has 0 atom stereocenters. The van der Waals surface area contributed by atoms with Gasteiger partial charge in [0.15, 0.2) is 17.0 Å². The Labute approximate surface area is 148 Å². The van der Waals surface area contributed by atoms with Crippen molar-refractivity contribution >= 4 is 50.1 Å². The number of nitrogen functional groups attached to an aromatic ring is 1. The summed E-state index contributed by atoms with van der Waals surface area (Å²) in [7, 11) is 2.64. The SMILES string of the molecule is COC(=O)c1nc2c(N)n(C)nc2c(F)c1Nc1ccc(Br)cc1F. The third kappa shape index (κ3) is 2.88. The predicted molar refractivity (Wildman–Crippen MR) is 91.6 cm³/mol. The van der Waals surface area contributed by atoms with Gasteiger partial charge in [0, 0.05) is 11.5 Å². The number of carbonyl (C=O) groups is 1. The third-order valence-electron chi connectivity index (χ3n) is 3.52. The molecule has 3 aromatic rings. The molecule has 0 unspecified atom stereocenters. The smallest absolute Gasteiger partial charge is 0.358 e. The molecule has 3 rings (SSSR count). The maximum absolute atomic E-state index is 14.9. The molecule has 0 radical (unpaired) electrons. The van der Waals surface area contributed by atoms with E-state index in [1.807, 2.05) is 0 Å². The van der Waals surface area contributed by atoms with E-state index in [0.717, 1.165) is 7.11 Å². The van der Waals surface area contributed by atoms with Crippen LogP contribution in [-0.2, 0) is 11.8 Å². The first-order chi connectivity index (χ1) is 11.8. The summed E-state index contributed by atoms with van der Waals surface area (Å²) < 4.78 is 35.4. The predicted octanol–water partition coefficient (Wildman–Crippen LogP) is 3.12. The number of aryl methyl sites for hydroxylation is 1. The Morgan fingerprint density at radius 2 is 2.08 bits per heavy atom. The number of nitrogens with one attached hydrogen (secondary N) is 1. The summed E-state index contributed by atoms with van der Waals surface area (Å²) in [6.07, 6.45) is 0. The summed E-state index contributed by atoms with van der Waals surface area (Å²) in [6, 6.07) is 4.14. The van der Waals surface area contributed by atoms with Gasteiger partial charge in [0.1, 0.15) is 22.8 Å². The van der Waals surface area contributed by atoms with Crippen LogP contribution in [0.15, 0.2) is 22.7 Å². The number of methoxy groups -OCH3 is 1. The van der Waals surface area contributed by atoms with Crippen molar-refractivity contribution in [1.82, 2.24) is 14.8 Å². The van der Waals surface area contributed by atoms with Crippen LogP contribution in [0.25, 0.3) is 11.0 Å². The number of pyridine rings is 1. The zero-order valence-corrected chi connectivity index (χ0v) is 14.7. The minimum absolute atomic E-state index is 0.0160. The fourth-order valence-corrected chi connectivity index (χ4v) is 2.59. The lowest BCUT2D eigenvalue weighted by molar-refractivity contribution is 0.0595. The third-order valence-corrected chi connectivity index (χ3v) is 4.02. The van der Waals surface area contributed by atoms with E-state index in [4.69, 9.17) is 5.73 Å². The van der Waals surface area contributed by atoms with Crippen molar-refractivity contribution in [2.45, 2.75) is 0 Å². The van der Waals surface area contributed by atoms with Gasteiger partial charge in [0.2, 0.25) is 0 Å². The molecule has 0 saturated carbocycles. The summed E-state index contributed by atoms with van der Waals surface area (Å²) in [5.41, 5.74) is 4.91. The average molecular weight is 412 g/mol. The number of rotatable bonds is 3. The molecule has 0 saturated heterocycles. The van der Waals surface area contributed by atoms with Crippen molar-refractivity contribution < 1.29 is 18.3 Å². The van der Waals surface area contributed by atoms with Crippen LogP contribution in [0.1, 0.15) is 10.5 Å². The van der Waals surface area contributed by atoms with Crippen molar-refractivity contribution in [1.29, 1.82) is 0 Å². The van der Waals surface area contributed by atoms with E-state index < -0.39 is 17.6 Å². The molecular formula is C15H12BrF2N5O2. The van der Waals surface area contributed by atoms with E-state index in [9.17, 15) is 13.6 Å². The molecule has 0 aliphatic rings. The number of nitrogens with two attached hydrogens (primary N) is 1. The molecule has 0 spiro atoms. The highest BCUT2D eigenvalue weighted by molar-refractivity contribution is 9.10. The summed E-state index contributed by atoms with van der Waals surface area (Å²) in [6.45, 7) is 0. The first-order valence-electron chi connectivity index (χ1n) is 6.95. The lowest BCUT2D eigenvalue weighted by Gasteiger charge is -2.12. The lowest BCUT2D eigenvalue weighted by atomic mass is 10.2. The highest BCUT2D eigenvalue weighted by Gasteiger charge is 2.25. The number of hydrogen-bond acceptors (Lipinski definition) is 6. The van der Waals surface area contributed by atoms with E-state index in [1.165, 1.54) is 23.9 Å². The van der Waals surface area contributed by atoms with Crippen LogP contribution in [0.5, 0.6) is 0 Å². The number of carbonyl (C=O) groups excluding carboxylic acids is 1. The summed E-state index contributed by atoms with van der Waals surface area (Å²) in [5, 5.41) is 6.49. The quantitative estimate of drug-likeness (QED) is 0.642. The second kappa shape index (κ2) is 6.28. The molecule has 0 aliphatic carbocycles. The van der Waals surface area contributed by atoms with Crippen molar-refractivity contribution in [2.24, 2.45) is 7.05 Å². The highest BCUT2D eigenvalue weighted by atomic mass is 79.9. The van der Waals surface area contributed by atoms with Gasteiger partial charge in [-0.2, -0.15) is 5.10 Å². The lowest BCUT2D eigenvalue weighted by Crippen LogP contribution is -2.11. The average Bonchev–Trinajstić information content (AvgIpc) is 2.86. The first kappa shape index (κ1) is 17.1. The molecule has 1 aromatic carbocycles. The van der Waals surface area contributed by atoms with Crippen molar-refractivity contribution in [3.8, 4) is 0 Å². The minimum atomic E-state index is -0.899. The first-order valence-corrected chi connectivity index (χ1v) is 7.74. The van der Waals surface area contributed by atoms with Gasteiger partial charge in [-0.25, -0.2) is 18.6 Å². The van der Waals surface area contributed by atoms with Crippen LogP contribution < -0.4 is 11.1 Å². The van der Waals surface area contributed by atoms with Crippen LogP contribution in [0.2, 0.25) is 0 Å². The van der Waals surface area contributed by atoms with Crippen LogP contribution in [-0.4, -0.2) is 27.8 Å². The molecule has 3 N–H and O–H groups in total. The fourth-order valence-electron chi connectivity index (χ4n) is 2.26. The molecule has 0 fully saturated rings. The molecule has 0 aliphatic heterocycles. The zero-order valence-electron chi connectivity index (χ0n) is 13.1. The molecule has 25 heavy (non-hydrogen) atoms. The van der Waals surface area contributed by atoms with E-state index in [2.05, 4.69) is 36.1 Å². The van der Waals surface area contributed by atoms with E-state index in [1.54, 1.807) is 6.07 Å². The number of ether oxygens (including phenoxy) is 1. The van der Waals surface area contributed by atoms with Crippen LogP contribution in [0.3, 0.4) is 0 Å². The van der Waals surface area contributed by atoms with Gasteiger partial charge in [0.25, 0.3) is 0 Å². The Hall–Kier alpha value is -2.75. The molecule has 0 amide bonds. The Kier molecular flexibility index (Phi) is 4.29. The minimum Gasteiger partial charge on any atom is -0.464 e. The number of nitrogens with zero attached hydrogens (tertiary/aromatic N) is 3. The Morgan fingerprint density at radius 3 is 2.72 bits per heavy atom. The molecule has 7 nitrogen and oxygen atoms in total. The van der Waals surface area contributed by atoms with Gasteiger partial charge in [-0.3, -0.25) is 4.68 Å². The number of halogens is 3. The topological polar surface area (TPSA) is 95.1 Å². The monoisotopic (exact) mass is 411 g/mol. The number of fused-ring (bicyclic) bond motifs is 1. The molecule has 10 heteroatoms. The summed E-state index contributed by atoms with van der Waals surface area (Å²) in [5.74, 6) is -2.35. The number of anilines is 3. The molecule has 0 bridgehead atoms. The number of benzene rings is 1. The van der Waals surface area contributed by atoms with E-state index >= 15 is 0 Å². The fraction of sp³-hybridized carbons (Fsp3) is 0.133. The highest BCUT2D eigenvalue weighted by Crippen LogP contribution is 2.32.